The van der Waals surface area contributed by atoms with Gasteiger partial charge in [-0.25, -0.2) is 4.39 Å². The molecule has 0 unspecified atom stereocenters. The summed E-state index contributed by atoms with van der Waals surface area (Å²) in [6.45, 7) is 1.84. The first-order valence-electron chi connectivity index (χ1n) is 11.4. The van der Waals surface area contributed by atoms with Crippen molar-refractivity contribution < 1.29 is 18.7 Å². The van der Waals surface area contributed by atoms with E-state index in [4.69, 9.17) is 4.74 Å². The summed E-state index contributed by atoms with van der Waals surface area (Å²) in [7, 11) is 1.58. The van der Waals surface area contributed by atoms with Crippen molar-refractivity contribution in [2.45, 2.75) is 31.6 Å². The van der Waals surface area contributed by atoms with E-state index in [9.17, 15) is 14.0 Å². The van der Waals surface area contributed by atoms with Gasteiger partial charge in [-0.3, -0.25) is 9.59 Å². The molecule has 0 saturated carbocycles. The number of benzene rings is 2. The first kappa shape index (κ1) is 23.1. The Labute approximate surface area is 207 Å². The Balaban J connectivity index is 1.60. The number of hydrogen-bond acceptors (Lipinski definition) is 5. The number of Topliss-reactive ketones (excluding diaryl/α,β-unsaturated/α-hetero) is 1. The molecule has 5 nitrogen and oxygen atoms in total. The lowest BCUT2D eigenvalue weighted by Crippen LogP contribution is -2.37. The van der Waals surface area contributed by atoms with E-state index >= 15 is 0 Å². The zero-order chi connectivity index (χ0) is 24.5. The van der Waals surface area contributed by atoms with Crippen molar-refractivity contribution in [3.63, 3.8) is 0 Å². The lowest BCUT2D eigenvalue weighted by Gasteiger charge is -2.37. The first-order chi connectivity index (χ1) is 17.0. The number of allylic oxidation sites excluding steroid dienone is 3. The highest BCUT2D eigenvalue weighted by atomic mass is 32.1. The minimum Gasteiger partial charge on any atom is -0.496 e. The molecule has 3 aromatic rings. The Kier molecular flexibility index (Phi) is 6.26. The second-order valence-electron chi connectivity index (χ2n) is 8.74. The zero-order valence-electron chi connectivity index (χ0n) is 19.4. The average Bonchev–Trinajstić information content (AvgIpc) is 3.38. The van der Waals surface area contributed by atoms with E-state index in [2.05, 4.69) is 16.7 Å². The van der Waals surface area contributed by atoms with Crippen LogP contribution in [0.5, 0.6) is 5.75 Å². The second-order valence-corrected chi connectivity index (χ2v) is 9.72. The summed E-state index contributed by atoms with van der Waals surface area (Å²) in [6.07, 6.45) is 1.06. The van der Waals surface area contributed by atoms with E-state index in [0.29, 0.717) is 41.1 Å². The topological polar surface area (TPSA) is 67.4 Å². The third-order valence-electron chi connectivity index (χ3n) is 6.55. The molecule has 7 heteroatoms. The molecule has 35 heavy (non-hydrogen) atoms. The van der Waals surface area contributed by atoms with Gasteiger partial charge < -0.3 is 15.4 Å². The molecule has 0 fully saturated rings. The van der Waals surface area contributed by atoms with E-state index in [-0.39, 0.29) is 11.7 Å². The van der Waals surface area contributed by atoms with Gasteiger partial charge in [-0.15, -0.1) is 11.3 Å². The van der Waals surface area contributed by atoms with Crippen molar-refractivity contribution in [2.75, 3.05) is 12.4 Å². The van der Waals surface area contributed by atoms with E-state index < -0.39 is 17.6 Å². The highest BCUT2D eigenvalue weighted by Crippen LogP contribution is 2.48. The number of amides is 1. The predicted octanol–water partition coefficient (Wildman–Crippen LogP) is 5.90. The fourth-order valence-corrected chi connectivity index (χ4v) is 5.88. The molecular weight excluding hydrogens is 463 g/mol. The van der Waals surface area contributed by atoms with Crippen LogP contribution in [0, 0.1) is 5.82 Å². The van der Waals surface area contributed by atoms with Crippen LogP contribution in [0.1, 0.15) is 42.0 Å². The van der Waals surface area contributed by atoms with Gasteiger partial charge in [-0.05, 0) is 49.1 Å². The van der Waals surface area contributed by atoms with Crippen molar-refractivity contribution in [2.24, 2.45) is 0 Å². The number of carbonyl (C=O) groups excluding carboxylic acids is 2. The number of ether oxygens (including phenoxy) is 1. The third-order valence-corrected chi connectivity index (χ3v) is 7.58. The summed E-state index contributed by atoms with van der Waals surface area (Å²) in [5.41, 5.74) is 3.61. The lowest BCUT2D eigenvalue weighted by atomic mass is 9.72. The van der Waals surface area contributed by atoms with E-state index in [1.54, 1.807) is 30.6 Å². The molecule has 2 N–H and O–H groups in total. The molecular formula is C28H25FN2O3S. The molecule has 2 aliphatic rings. The molecule has 0 radical (unpaired) electrons. The number of para-hydroxylation sites is 1. The van der Waals surface area contributed by atoms with Crippen molar-refractivity contribution >= 4 is 28.7 Å². The van der Waals surface area contributed by atoms with Gasteiger partial charge in [0.15, 0.2) is 5.78 Å². The largest absolute Gasteiger partial charge is 0.496 e. The number of dihydropyridines is 1. The molecule has 1 amide bonds. The van der Waals surface area contributed by atoms with Gasteiger partial charge in [0.25, 0.3) is 5.91 Å². The first-order valence-corrected chi connectivity index (χ1v) is 12.3. The quantitative estimate of drug-likeness (QED) is 0.470. The minimum absolute atomic E-state index is 0.0108. The van der Waals surface area contributed by atoms with Crippen molar-refractivity contribution in [1.29, 1.82) is 0 Å². The lowest BCUT2D eigenvalue weighted by molar-refractivity contribution is -0.116. The molecule has 2 aromatic carbocycles. The number of thiophene rings is 1. The van der Waals surface area contributed by atoms with Crippen LogP contribution in [0.2, 0.25) is 0 Å². The molecule has 178 valence electrons. The number of ketones is 1. The zero-order valence-corrected chi connectivity index (χ0v) is 20.2. The number of carbonyl (C=O) groups is 2. The normalized spacial score (nSPS) is 19.8. The number of rotatable bonds is 5. The van der Waals surface area contributed by atoms with Crippen LogP contribution in [0.3, 0.4) is 0 Å². The molecule has 0 spiro atoms. The summed E-state index contributed by atoms with van der Waals surface area (Å²) in [5, 5.41) is 8.21. The third kappa shape index (κ3) is 4.39. The standard InChI is InChI=1S/C28H25FN2O3S/c1-16-25(28(33)31-19-8-5-7-18(29)15-19)26(20-9-3-4-10-23(20)34-2)27-21(30-16)13-17(14-22(27)32)24-11-6-12-35-24/h3-12,15,17,26,30H,13-14H2,1-2H3,(H,31,33)/t17-,26-/m0/s1. The van der Waals surface area contributed by atoms with E-state index in [0.717, 1.165) is 11.3 Å². The fraction of sp³-hybridized carbons (Fsp3) is 0.214. The average molecular weight is 489 g/mol. The SMILES string of the molecule is COc1ccccc1[C@H]1C(C(=O)Nc2cccc(F)c2)=C(C)NC2=C1C(=O)C[C@@H](c1cccs1)C2. The van der Waals surface area contributed by atoms with Gasteiger partial charge in [0.05, 0.1) is 13.0 Å². The highest BCUT2D eigenvalue weighted by Gasteiger charge is 2.42. The number of hydrogen-bond donors (Lipinski definition) is 2. The second kappa shape index (κ2) is 9.50. The number of nitrogens with one attached hydrogen (secondary N) is 2. The van der Waals surface area contributed by atoms with Gasteiger partial charge >= 0.3 is 0 Å². The Morgan fingerprint density at radius 2 is 1.94 bits per heavy atom. The van der Waals surface area contributed by atoms with E-state index in [1.807, 2.05) is 42.6 Å². The van der Waals surface area contributed by atoms with Crippen LogP contribution in [0.4, 0.5) is 10.1 Å². The van der Waals surface area contributed by atoms with Gasteiger partial charge in [-0.1, -0.05) is 30.3 Å². The molecule has 1 aliphatic carbocycles. The highest BCUT2D eigenvalue weighted by molar-refractivity contribution is 7.10. The van der Waals surface area contributed by atoms with Gasteiger partial charge in [-0.2, -0.15) is 0 Å². The maximum Gasteiger partial charge on any atom is 0.254 e. The predicted molar refractivity (Wildman–Crippen MR) is 135 cm³/mol. The van der Waals surface area contributed by atoms with E-state index in [1.165, 1.54) is 17.0 Å². The summed E-state index contributed by atoms with van der Waals surface area (Å²) >= 11 is 1.65. The number of halogens is 1. The van der Waals surface area contributed by atoms with Crippen LogP contribution in [0.15, 0.2) is 88.6 Å². The van der Waals surface area contributed by atoms with Crippen molar-refractivity contribution in [3.05, 3.63) is 105 Å². The van der Waals surface area contributed by atoms with Gasteiger partial charge in [0.2, 0.25) is 0 Å². The smallest absolute Gasteiger partial charge is 0.254 e. The summed E-state index contributed by atoms with van der Waals surface area (Å²) in [6, 6.07) is 17.3. The van der Waals surface area contributed by atoms with Crippen LogP contribution in [-0.2, 0) is 9.59 Å². The van der Waals surface area contributed by atoms with Crippen LogP contribution in [0.25, 0.3) is 0 Å². The Bertz CT molecular complexity index is 1360. The Hall–Kier alpha value is -3.71. The van der Waals surface area contributed by atoms with Crippen LogP contribution < -0.4 is 15.4 Å². The molecule has 5 rings (SSSR count). The molecule has 0 bridgehead atoms. The Morgan fingerprint density at radius 3 is 2.69 bits per heavy atom. The van der Waals surface area contributed by atoms with Crippen LogP contribution in [-0.4, -0.2) is 18.8 Å². The maximum absolute atomic E-state index is 13.8. The molecule has 1 aromatic heterocycles. The van der Waals surface area contributed by atoms with Crippen molar-refractivity contribution in [1.82, 2.24) is 5.32 Å². The fourth-order valence-electron chi connectivity index (χ4n) is 5.05. The minimum atomic E-state index is -0.604. The molecule has 2 atom stereocenters. The number of methoxy groups -OCH3 is 1. The summed E-state index contributed by atoms with van der Waals surface area (Å²) < 4.78 is 19.4. The summed E-state index contributed by atoms with van der Waals surface area (Å²) in [4.78, 5) is 28.4. The molecule has 1 aliphatic heterocycles. The Morgan fingerprint density at radius 1 is 1.11 bits per heavy atom. The summed E-state index contributed by atoms with van der Waals surface area (Å²) in [5.74, 6) is -0.727. The van der Waals surface area contributed by atoms with Gasteiger partial charge in [0, 0.05) is 51.0 Å². The number of anilines is 1. The molecule has 0 saturated heterocycles. The van der Waals surface area contributed by atoms with Crippen LogP contribution >= 0.6 is 11.3 Å². The molecule has 2 heterocycles. The van der Waals surface area contributed by atoms with Gasteiger partial charge in [0.1, 0.15) is 11.6 Å². The maximum atomic E-state index is 13.8. The van der Waals surface area contributed by atoms with Crippen molar-refractivity contribution in [3.8, 4) is 5.75 Å². The monoisotopic (exact) mass is 488 g/mol.